The first-order chi connectivity index (χ1) is 28.5. The van der Waals surface area contributed by atoms with Gasteiger partial charge in [0.25, 0.3) is 0 Å². The predicted octanol–water partition coefficient (Wildman–Crippen LogP) is 13.9. The first-order valence-corrected chi connectivity index (χ1v) is 25.0. The Labute approximate surface area is 359 Å². The molecule has 5 N–H and O–H groups in total. The van der Waals surface area contributed by atoms with Crippen LogP contribution in [0.2, 0.25) is 0 Å². The summed E-state index contributed by atoms with van der Waals surface area (Å²) < 4.78 is 0. The normalized spacial score (nSPS) is 14.4. The summed E-state index contributed by atoms with van der Waals surface area (Å²) >= 11 is 0. The second kappa shape index (κ2) is 46.3. The summed E-state index contributed by atoms with van der Waals surface area (Å²) in [7, 11) is 0. The Morgan fingerprint density at radius 3 is 1.09 bits per heavy atom. The van der Waals surface area contributed by atoms with Gasteiger partial charge in [-0.1, -0.05) is 204 Å². The monoisotopic (exact) mass is 816 g/mol. The number of unbranched alkanes of at least 4 members (excludes halogenated alkanes) is 28. The second-order valence-electron chi connectivity index (χ2n) is 17.1. The van der Waals surface area contributed by atoms with E-state index in [4.69, 9.17) is 0 Å². The van der Waals surface area contributed by atoms with Crippen molar-refractivity contribution < 1.29 is 25.2 Å². The van der Waals surface area contributed by atoms with Gasteiger partial charge in [-0.15, -0.1) is 0 Å². The van der Waals surface area contributed by atoms with Gasteiger partial charge in [0.05, 0.1) is 18.8 Å². The first kappa shape index (κ1) is 56.3. The van der Waals surface area contributed by atoms with Crippen LogP contribution in [0.5, 0.6) is 0 Å². The van der Waals surface area contributed by atoms with Crippen LogP contribution in [-0.4, -0.2) is 57.3 Å². The molecule has 58 heavy (non-hydrogen) atoms. The van der Waals surface area contributed by atoms with Gasteiger partial charge in [0.2, 0.25) is 5.91 Å². The Hall–Kier alpha value is -1.73. The lowest BCUT2D eigenvalue weighted by Gasteiger charge is -2.27. The lowest BCUT2D eigenvalue weighted by atomic mass is 10.00. The lowest BCUT2D eigenvalue weighted by molar-refractivity contribution is -0.132. The van der Waals surface area contributed by atoms with Crippen LogP contribution >= 0.6 is 0 Å². The molecule has 6 heteroatoms. The maximum absolute atomic E-state index is 12.5. The van der Waals surface area contributed by atoms with Gasteiger partial charge in [0, 0.05) is 0 Å². The van der Waals surface area contributed by atoms with E-state index in [0.29, 0.717) is 19.3 Å². The van der Waals surface area contributed by atoms with Gasteiger partial charge in [0.1, 0.15) is 12.2 Å². The van der Waals surface area contributed by atoms with Crippen LogP contribution in [0.15, 0.2) is 48.6 Å². The zero-order valence-electron chi connectivity index (χ0n) is 38.3. The average molecular weight is 816 g/mol. The molecule has 0 aliphatic carbocycles. The average Bonchev–Trinajstić information content (AvgIpc) is 3.23. The summed E-state index contributed by atoms with van der Waals surface area (Å²) in [6.07, 6.45) is 57.3. The Balaban J connectivity index is 3.77. The van der Waals surface area contributed by atoms with Gasteiger partial charge < -0.3 is 25.7 Å². The number of rotatable bonds is 45. The maximum Gasteiger partial charge on any atom is 0.249 e. The van der Waals surface area contributed by atoms with Crippen LogP contribution < -0.4 is 5.32 Å². The zero-order valence-corrected chi connectivity index (χ0v) is 38.3. The molecule has 0 fully saturated rings. The van der Waals surface area contributed by atoms with Crippen molar-refractivity contribution >= 4 is 5.91 Å². The van der Waals surface area contributed by atoms with Crippen molar-refractivity contribution in [3.63, 3.8) is 0 Å². The van der Waals surface area contributed by atoms with Crippen LogP contribution in [0.1, 0.15) is 245 Å². The van der Waals surface area contributed by atoms with E-state index in [-0.39, 0.29) is 0 Å². The first-order valence-electron chi connectivity index (χ1n) is 25.0. The summed E-state index contributed by atoms with van der Waals surface area (Å²) in [5.74, 6) is -0.605. The molecule has 0 aliphatic heterocycles. The van der Waals surface area contributed by atoms with E-state index in [1.165, 1.54) is 148 Å². The summed E-state index contributed by atoms with van der Waals surface area (Å²) in [6, 6.07) is -1.01. The number of carbonyl (C=O) groups is 1. The fraction of sp³-hybridized carbons (Fsp3) is 0.827. The second-order valence-corrected chi connectivity index (χ2v) is 17.1. The summed E-state index contributed by atoms with van der Waals surface area (Å²) in [5.41, 5.74) is 0. The number of hydrogen-bond donors (Lipinski definition) is 5. The van der Waals surface area contributed by atoms with E-state index in [0.717, 1.165) is 64.2 Å². The SMILES string of the molecule is CCCCCCCC/C=C\CCCCCCCCC(O)C(=O)NC(CO)C(O)C(O)CCC/C=C/CC/C=C/CC/C=C/CCCCCCCCCCCCCCC. The van der Waals surface area contributed by atoms with Crippen molar-refractivity contribution in [1.29, 1.82) is 0 Å². The van der Waals surface area contributed by atoms with Crippen molar-refractivity contribution in [3.8, 4) is 0 Å². The Bertz CT molecular complexity index is 961. The Morgan fingerprint density at radius 2 is 0.724 bits per heavy atom. The van der Waals surface area contributed by atoms with E-state index < -0.39 is 36.9 Å². The third-order valence-corrected chi connectivity index (χ3v) is 11.5. The molecule has 0 rings (SSSR count). The quantitative estimate of drug-likeness (QED) is 0.0311. The highest BCUT2D eigenvalue weighted by Crippen LogP contribution is 2.15. The Kier molecular flexibility index (Phi) is 45.0. The molecular weight excluding hydrogens is 719 g/mol. The number of aliphatic hydroxyl groups excluding tert-OH is 4. The lowest BCUT2D eigenvalue weighted by Crippen LogP contribution is -2.53. The van der Waals surface area contributed by atoms with E-state index in [1.54, 1.807) is 0 Å². The molecule has 340 valence electrons. The molecule has 4 atom stereocenters. The summed E-state index contributed by atoms with van der Waals surface area (Å²) in [5, 5.41) is 43.8. The van der Waals surface area contributed by atoms with Crippen LogP contribution in [0.25, 0.3) is 0 Å². The van der Waals surface area contributed by atoms with Crippen molar-refractivity contribution in [3.05, 3.63) is 48.6 Å². The number of carbonyl (C=O) groups excluding carboxylic acids is 1. The highest BCUT2D eigenvalue weighted by molar-refractivity contribution is 5.80. The molecule has 1 amide bonds. The molecule has 6 nitrogen and oxygen atoms in total. The minimum atomic E-state index is -1.30. The molecule has 0 saturated heterocycles. The van der Waals surface area contributed by atoms with Crippen LogP contribution in [0.4, 0.5) is 0 Å². The molecule has 0 aromatic heterocycles. The molecule has 0 spiro atoms. The highest BCUT2D eigenvalue weighted by Gasteiger charge is 2.28. The van der Waals surface area contributed by atoms with Gasteiger partial charge in [-0.25, -0.2) is 0 Å². The van der Waals surface area contributed by atoms with Crippen LogP contribution in [0.3, 0.4) is 0 Å². The van der Waals surface area contributed by atoms with E-state index in [9.17, 15) is 25.2 Å². The number of aliphatic hydroxyl groups is 4. The third-order valence-electron chi connectivity index (χ3n) is 11.5. The van der Waals surface area contributed by atoms with Crippen molar-refractivity contribution in [1.82, 2.24) is 5.32 Å². The van der Waals surface area contributed by atoms with E-state index in [1.807, 2.05) is 0 Å². The standard InChI is InChI=1S/C52H97NO5/c1-3-5-7-9-11-13-15-17-19-21-22-23-24-25-26-27-28-29-30-32-33-35-37-39-41-43-45-49(55)51(57)48(47-54)53-52(58)50(56)46-44-42-40-38-36-34-31-20-18-16-14-12-10-8-6-4-2/h18,20,26-27,30,32,37,39,48-51,54-57H,3-17,19,21-25,28-29,31,33-36,38,40-47H2,1-2H3,(H,53,58)/b20-18-,27-26+,32-30+,39-37+. The topological polar surface area (TPSA) is 110 Å². The van der Waals surface area contributed by atoms with E-state index >= 15 is 0 Å². The molecule has 0 aromatic carbocycles. The number of nitrogens with one attached hydrogen (secondary N) is 1. The summed E-state index contributed by atoms with van der Waals surface area (Å²) in [4.78, 5) is 12.5. The molecule has 0 saturated carbocycles. The molecular formula is C52H97NO5. The number of hydrogen-bond acceptors (Lipinski definition) is 5. The van der Waals surface area contributed by atoms with Gasteiger partial charge in [-0.2, -0.15) is 0 Å². The predicted molar refractivity (Wildman–Crippen MR) is 251 cm³/mol. The largest absolute Gasteiger partial charge is 0.394 e. The fourth-order valence-electron chi connectivity index (χ4n) is 7.49. The van der Waals surface area contributed by atoms with Gasteiger partial charge in [0.15, 0.2) is 0 Å². The van der Waals surface area contributed by atoms with Crippen molar-refractivity contribution in [2.75, 3.05) is 6.61 Å². The fourth-order valence-corrected chi connectivity index (χ4v) is 7.49. The molecule has 0 aliphatic rings. The molecule has 0 radical (unpaired) electrons. The van der Waals surface area contributed by atoms with Gasteiger partial charge in [-0.05, 0) is 89.9 Å². The molecule has 0 heterocycles. The minimum Gasteiger partial charge on any atom is -0.394 e. The van der Waals surface area contributed by atoms with Crippen LogP contribution in [-0.2, 0) is 4.79 Å². The number of amides is 1. The van der Waals surface area contributed by atoms with Crippen molar-refractivity contribution in [2.24, 2.45) is 0 Å². The smallest absolute Gasteiger partial charge is 0.249 e. The molecule has 4 unspecified atom stereocenters. The zero-order chi connectivity index (χ0) is 42.4. The molecule has 0 bridgehead atoms. The van der Waals surface area contributed by atoms with Crippen molar-refractivity contribution in [2.45, 2.75) is 269 Å². The minimum absolute atomic E-state index is 0.350. The van der Waals surface area contributed by atoms with Gasteiger partial charge >= 0.3 is 0 Å². The molecule has 0 aromatic rings. The number of allylic oxidation sites excluding steroid dienone is 8. The van der Waals surface area contributed by atoms with Crippen LogP contribution in [0, 0.1) is 0 Å². The Morgan fingerprint density at radius 1 is 0.414 bits per heavy atom. The third kappa shape index (κ3) is 39.7. The summed E-state index contributed by atoms with van der Waals surface area (Å²) in [6.45, 7) is 4.04. The maximum atomic E-state index is 12.5. The van der Waals surface area contributed by atoms with E-state index in [2.05, 4.69) is 67.8 Å². The highest BCUT2D eigenvalue weighted by atomic mass is 16.3. The van der Waals surface area contributed by atoms with Gasteiger partial charge in [-0.3, -0.25) is 4.79 Å².